The first-order valence-electron chi connectivity index (χ1n) is 7.71. The van der Waals surface area contributed by atoms with Gasteiger partial charge in [0, 0.05) is 12.2 Å². The normalized spacial score (nSPS) is 18.1. The minimum absolute atomic E-state index is 0.676. The highest BCUT2D eigenvalue weighted by Gasteiger charge is 2.24. The van der Waals surface area contributed by atoms with Crippen molar-refractivity contribution in [2.24, 2.45) is 0 Å². The lowest BCUT2D eigenvalue weighted by molar-refractivity contribution is -0.895. The summed E-state index contributed by atoms with van der Waals surface area (Å²) >= 11 is 3.55. The lowest BCUT2D eigenvalue weighted by Crippen LogP contribution is -3.08. The molecule has 6 heteroatoms. The van der Waals surface area contributed by atoms with Crippen molar-refractivity contribution in [3.63, 3.8) is 0 Å². The van der Waals surface area contributed by atoms with E-state index in [1.807, 2.05) is 11.3 Å². The number of nitrogens with two attached hydrogens (primary N) is 1. The Labute approximate surface area is 134 Å². The molecule has 0 radical (unpaired) electrons. The van der Waals surface area contributed by atoms with Crippen LogP contribution in [0.3, 0.4) is 0 Å². The Bertz CT molecular complexity index is 638. The lowest BCUT2D eigenvalue weighted by Gasteiger charge is -2.19. The van der Waals surface area contributed by atoms with Crippen molar-refractivity contribution in [2.75, 3.05) is 25.1 Å². The van der Waals surface area contributed by atoms with Gasteiger partial charge in [0.2, 0.25) is 0 Å². The highest BCUT2D eigenvalue weighted by Crippen LogP contribution is 2.35. The number of fused-ring (bicyclic) bond motifs is 3. The Kier molecular flexibility index (Phi) is 4.66. The topological polar surface area (TPSA) is 56.2 Å². The van der Waals surface area contributed by atoms with Crippen LogP contribution in [0.5, 0.6) is 0 Å². The van der Waals surface area contributed by atoms with Crippen molar-refractivity contribution < 1.29 is 4.90 Å². The number of unbranched alkanes of at least 4 members (excludes halogenated alkanes) is 2. The van der Waals surface area contributed by atoms with E-state index in [9.17, 15) is 0 Å². The number of thiophene rings is 1. The number of nitrogens with one attached hydrogen (secondary N) is 1. The fraction of sp³-hybridized carbons (Fsp3) is 0.600. The molecule has 4 nitrogen and oxygen atoms in total. The number of hydrogen-bond acceptors (Lipinski definition) is 5. The molecule has 1 aliphatic rings. The van der Waals surface area contributed by atoms with Gasteiger partial charge in [-0.1, -0.05) is 31.5 Å². The predicted octanol–water partition coefficient (Wildman–Crippen LogP) is 2.13. The summed E-state index contributed by atoms with van der Waals surface area (Å²) in [5, 5.41) is 1.97. The Hall–Kier alpha value is -0.850. The number of nitrogen functional groups attached to an aromatic ring is 1. The van der Waals surface area contributed by atoms with Crippen LogP contribution in [0.15, 0.2) is 5.16 Å². The van der Waals surface area contributed by atoms with Gasteiger partial charge >= 0.3 is 0 Å². The van der Waals surface area contributed by atoms with Gasteiger partial charge in [-0.25, -0.2) is 9.97 Å². The first kappa shape index (κ1) is 15.1. The number of likely N-dealkylation sites (N-methyl/N-ethyl adjacent to an activating group) is 1. The number of hydrogen-bond donors (Lipinski definition) is 2. The third kappa shape index (κ3) is 3.17. The van der Waals surface area contributed by atoms with Gasteiger partial charge in [0.15, 0.2) is 5.16 Å². The van der Waals surface area contributed by atoms with Crippen molar-refractivity contribution >= 4 is 39.1 Å². The van der Waals surface area contributed by atoms with Gasteiger partial charge in [-0.15, -0.1) is 11.3 Å². The van der Waals surface area contributed by atoms with Crippen molar-refractivity contribution in [1.29, 1.82) is 0 Å². The molecule has 21 heavy (non-hydrogen) atoms. The predicted molar refractivity (Wildman–Crippen MR) is 91.2 cm³/mol. The van der Waals surface area contributed by atoms with Crippen LogP contribution >= 0.6 is 23.1 Å². The van der Waals surface area contributed by atoms with Gasteiger partial charge in [-0.3, -0.25) is 0 Å². The molecule has 3 N–H and O–H groups in total. The van der Waals surface area contributed by atoms with Gasteiger partial charge in [0.05, 0.1) is 23.9 Å². The third-order valence-corrected chi connectivity index (χ3v) is 6.04. The van der Waals surface area contributed by atoms with Gasteiger partial charge < -0.3 is 10.6 Å². The number of aromatic nitrogens is 2. The maximum atomic E-state index is 6.23. The summed E-state index contributed by atoms with van der Waals surface area (Å²) in [6, 6.07) is 0. The van der Waals surface area contributed by atoms with E-state index in [2.05, 4.69) is 19.0 Å². The highest BCUT2D eigenvalue weighted by atomic mass is 32.2. The molecule has 0 saturated carbocycles. The van der Waals surface area contributed by atoms with Crippen molar-refractivity contribution in [1.82, 2.24) is 9.97 Å². The molecule has 3 heterocycles. The van der Waals surface area contributed by atoms with Crippen LogP contribution in [0, 0.1) is 0 Å². The molecule has 1 unspecified atom stereocenters. The molecule has 0 bridgehead atoms. The SMILES string of the molecule is CCCCCSc1nc(N)c2c3c(sc2n1)C[NH+](C)CC3. The molecule has 2 aromatic rings. The van der Waals surface area contributed by atoms with E-state index >= 15 is 0 Å². The Morgan fingerprint density at radius 1 is 1.33 bits per heavy atom. The summed E-state index contributed by atoms with van der Waals surface area (Å²) in [5.41, 5.74) is 7.63. The number of quaternary nitrogens is 1. The molecule has 1 atom stereocenters. The summed E-state index contributed by atoms with van der Waals surface area (Å²) in [5.74, 6) is 1.76. The van der Waals surface area contributed by atoms with Gasteiger partial charge in [0.25, 0.3) is 0 Å². The molecule has 0 spiro atoms. The summed E-state index contributed by atoms with van der Waals surface area (Å²) < 4.78 is 0. The molecular weight excluding hydrogens is 300 g/mol. The van der Waals surface area contributed by atoms with Crippen molar-refractivity contribution in [2.45, 2.75) is 44.3 Å². The van der Waals surface area contributed by atoms with Crippen LogP contribution in [0.4, 0.5) is 5.82 Å². The smallest absolute Gasteiger partial charge is 0.190 e. The zero-order chi connectivity index (χ0) is 14.8. The standard InChI is InChI=1S/C15H22N4S2/c1-3-4-5-8-20-15-17-13(16)12-10-6-7-19(2)9-11(10)21-14(12)18-15/h3-9H2,1-2H3,(H2,16,17,18)/p+1. The molecule has 114 valence electrons. The monoisotopic (exact) mass is 323 g/mol. The molecule has 0 fully saturated rings. The minimum Gasteiger partial charge on any atom is -0.383 e. The summed E-state index contributed by atoms with van der Waals surface area (Å²) in [7, 11) is 2.25. The van der Waals surface area contributed by atoms with Crippen LogP contribution in [0.25, 0.3) is 10.2 Å². The fourth-order valence-corrected chi connectivity index (χ4v) is 5.05. The fourth-order valence-electron chi connectivity index (χ4n) is 2.80. The largest absolute Gasteiger partial charge is 0.383 e. The highest BCUT2D eigenvalue weighted by molar-refractivity contribution is 7.99. The van der Waals surface area contributed by atoms with Crippen LogP contribution in [-0.2, 0) is 13.0 Å². The van der Waals surface area contributed by atoms with Crippen LogP contribution in [-0.4, -0.2) is 29.3 Å². The van der Waals surface area contributed by atoms with Crippen molar-refractivity contribution in [3.8, 4) is 0 Å². The van der Waals surface area contributed by atoms with Crippen LogP contribution in [0.2, 0.25) is 0 Å². The average Bonchev–Trinajstić information content (AvgIpc) is 2.81. The molecule has 0 aliphatic carbocycles. The summed E-state index contributed by atoms with van der Waals surface area (Å²) in [6.45, 7) is 4.49. The zero-order valence-corrected chi connectivity index (χ0v) is 14.4. The molecule has 3 rings (SSSR count). The second-order valence-corrected chi connectivity index (χ2v) is 7.91. The molecule has 1 aliphatic heterocycles. The summed E-state index contributed by atoms with van der Waals surface area (Å²) in [6.07, 6.45) is 4.83. The molecular formula is C15H23N4S2+. The van der Waals surface area contributed by atoms with E-state index in [4.69, 9.17) is 10.7 Å². The van der Waals surface area contributed by atoms with E-state index in [-0.39, 0.29) is 0 Å². The van der Waals surface area contributed by atoms with Gasteiger partial charge in [-0.05, 0) is 12.0 Å². The van der Waals surface area contributed by atoms with E-state index in [1.165, 1.54) is 36.2 Å². The first-order chi connectivity index (χ1) is 10.2. The maximum absolute atomic E-state index is 6.23. The molecule has 0 saturated heterocycles. The number of rotatable bonds is 5. The Morgan fingerprint density at radius 3 is 3.00 bits per heavy atom. The quantitative estimate of drug-likeness (QED) is 0.503. The first-order valence-corrected chi connectivity index (χ1v) is 9.51. The minimum atomic E-state index is 0.676. The van der Waals surface area contributed by atoms with Crippen LogP contribution < -0.4 is 10.6 Å². The van der Waals surface area contributed by atoms with E-state index in [0.717, 1.165) is 34.1 Å². The summed E-state index contributed by atoms with van der Waals surface area (Å²) in [4.78, 5) is 13.4. The van der Waals surface area contributed by atoms with Gasteiger partial charge in [-0.2, -0.15) is 0 Å². The molecule has 2 aromatic heterocycles. The molecule has 0 amide bonds. The van der Waals surface area contributed by atoms with Crippen molar-refractivity contribution in [3.05, 3.63) is 10.4 Å². The van der Waals surface area contributed by atoms with Crippen LogP contribution in [0.1, 0.15) is 36.6 Å². The number of anilines is 1. The Morgan fingerprint density at radius 2 is 2.19 bits per heavy atom. The number of nitrogens with zero attached hydrogens (tertiary/aromatic N) is 2. The lowest BCUT2D eigenvalue weighted by atomic mass is 10.1. The van der Waals surface area contributed by atoms with E-state index in [1.54, 1.807) is 16.7 Å². The third-order valence-electron chi connectivity index (χ3n) is 3.98. The average molecular weight is 324 g/mol. The Balaban J connectivity index is 1.86. The van der Waals surface area contributed by atoms with E-state index < -0.39 is 0 Å². The molecule has 0 aromatic carbocycles. The second-order valence-electron chi connectivity index (χ2n) is 5.76. The second kappa shape index (κ2) is 6.50. The number of thioether (sulfide) groups is 1. The maximum Gasteiger partial charge on any atom is 0.190 e. The van der Waals surface area contributed by atoms with E-state index in [0.29, 0.717) is 5.82 Å². The van der Waals surface area contributed by atoms with Gasteiger partial charge in [0.1, 0.15) is 17.2 Å². The zero-order valence-electron chi connectivity index (χ0n) is 12.7.